The van der Waals surface area contributed by atoms with Gasteiger partial charge in [0.15, 0.2) is 6.29 Å². The van der Waals surface area contributed by atoms with Crippen molar-refractivity contribution < 1.29 is 105 Å². The Bertz CT molecular complexity index is 5510. The van der Waals surface area contributed by atoms with Crippen LogP contribution in [0.3, 0.4) is 0 Å². The molecular formula is C106H118Cl4N4O22. The number of imide groups is 2. The number of esters is 3. The highest BCUT2D eigenvalue weighted by molar-refractivity contribution is 6.46. The first-order valence-electron chi connectivity index (χ1n) is 45.8. The summed E-state index contributed by atoms with van der Waals surface area (Å²) in [5, 5.41) is 10.6. The van der Waals surface area contributed by atoms with Gasteiger partial charge in [-0.2, -0.15) is 0 Å². The summed E-state index contributed by atoms with van der Waals surface area (Å²) in [7, 11) is 0. The zero-order chi connectivity index (χ0) is 98.2. The molecule has 9 aromatic carbocycles. The number of rotatable bonds is 43. The van der Waals surface area contributed by atoms with E-state index in [0.717, 1.165) is 32.1 Å². The lowest BCUT2D eigenvalue weighted by molar-refractivity contribution is -0.142. The number of nitrogens with zero attached hydrogens (tertiary/aromatic N) is 4. The second-order valence-electron chi connectivity index (χ2n) is 38.5. The minimum atomic E-state index is -1.49. The molecule has 2 fully saturated rings. The van der Waals surface area contributed by atoms with Gasteiger partial charge in [-0.1, -0.05) is 230 Å². The van der Waals surface area contributed by atoms with Crippen molar-refractivity contribution in [2.45, 2.75) is 174 Å². The summed E-state index contributed by atoms with van der Waals surface area (Å²) in [4.78, 5) is 144. The number of aliphatic hydroxyl groups is 1. The summed E-state index contributed by atoms with van der Waals surface area (Å²) in [6.07, 6.45) is 2.83. The lowest BCUT2D eigenvalue weighted by atomic mass is 9.79. The highest BCUT2D eigenvalue weighted by atomic mass is 35.5. The van der Waals surface area contributed by atoms with Crippen molar-refractivity contribution in [2.75, 3.05) is 105 Å². The van der Waals surface area contributed by atoms with Crippen LogP contribution >= 0.6 is 46.4 Å². The van der Waals surface area contributed by atoms with Gasteiger partial charge in [-0.15, -0.1) is 0 Å². The topological polar surface area (TPSA) is 298 Å². The van der Waals surface area contributed by atoms with Crippen molar-refractivity contribution in [1.82, 2.24) is 19.6 Å². The van der Waals surface area contributed by atoms with Gasteiger partial charge in [0.05, 0.1) is 86.7 Å². The molecule has 3 unspecified atom stereocenters. The zero-order valence-electron chi connectivity index (χ0n) is 79.1. The molecule has 0 radical (unpaired) electrons. The number of hydrogen-bond donors (Lipinski definition) is 1. The Hall–Kier alpha value is -11.0. The normalized spacial score (nSPS) is 15.0. The third kappa shape index (κ3) is 23.5. The molecule has 0 aromatic heterocycles. The Morgan fingerprint density at radius 3 is 0.809 bits per heavy atom. The van der Waals surface area contributed by atoms with Gasteiger partial charge in [0.25, 0.3) is 23.6 Å². The molecule has 4 aliphatic rings. The van der Waals surface area contributed by atoms with Crippen LogP contribution in [0.15, 0.2) is 168 Å². The molecule has 2 saturated carbocycles. The van der Waals surface area contributed by atoms with Gasteiger partial charge in [-0.3, -0.25) is 38.6 Å². The smallest absolute Gasteiger partial charge is 0.349 e. The standard InChI is InChI=1S/C106H118Cl4N4O22/c1-61(107)99(121)129-53-49-125-45-41-111(42-46-126-50-54-130-100(122)62(2)108)97(119)91(65-21-17-18-22-65)113-93(115)75-57-79(133-71-33-25-67(26-34-71)103(5,6)7)85-87-81(135-73-37-29-69(30-38-73)105(11,12)13)59-77-84-78(96(118)114(95(77)117)92(66-23-19-20-24-66)98(120)112(43-47-127-51-55-131-101(123)63(3)109)44-48-128-52-56-132-102(124)64(4)110)60-82(136-74-39-31-70(32-40-74)106(14,15)16)88(90(84)87)86-80(58-76(94(113)116)83(75)89(85)86)134-72-35-27-68(28-36-72)104(8,9)10/h25-40,57-60,65-66,91-92,99,121H,1-4,17-24,41-56H2,5-16H3. The molecule has 3 atom stereocenters. The van der Waals surface area contributed by atoms with Gasteiger partial charge in [0, 0.05) is 69.3 Å². The molecular weight excluding hydrogens is 1820 g/mol. The summed E-state index contributed by atoms with van der Waals surface area (Å²) >= 11 is 23.4. The summed E-state index contributed by atoms with van der Waals surface area (Å²) in [5.74, 6) is -7.22. The molecule has 136 heavy (non-hydrogen) atoms. The molecule has 2 heterocycles. The van der Waals surface area contributed by atoms with Crippen LogP contribution in [0, 0.1) is 11.8 Å². The second kappa shape index (κ2) is 43.8. The van der Waals surface area contributed by atoms with Crippen LogP contribution in [0.1, 0.15) is 198 Å². The van der Waals surface area contributed by atoms with Crippen molar-refractivity contribution >= 4 is 143 Å². The maximum atomic E-state index is 17.3. The highest BCUT2D eigenvalue weighted by Gasteiger charge is 2.51. The molecule has 30 heteroatoms. The number of amides is 6. The summed E-state index contributed by atoms with van der Waals surface area (Å²) in [6, 6.07) is 33.4. The SMILES string of the molecule is C=C(Cl)C(=O)OCCOCCN(CCOCCOC(=O)C(=C)Cl)C(=O)C(C1CCCC1)N1C(=O)c2cc(Oc3ccc(C(C)(C)C)cc3)c3c4c(Oc5ccc(C(C)(C)C)cc5)cc5c6c(cc(Oc7ccc(C(C)(C)C)cc7)c(c7c(Oc8ccc(C(C)(C)C)cc8)cc(c2c37)C1=O)c64)C(=O)N(C(C(=O)N(CCOCCOC(=O)C(=C)Cl)CCOCCOC(O)C(=C)Cl)C1CCCC1)C5=O. The van der Waals surface area contributed by atoms with Crippen molar-refractivity contribution in [3.63, 3.8) is 0 Å². The molecule has 9 aromatic rings. The fraction of sp³-hybridized carbons (Fsp3) is 0.425. The molecule has 26 nitrogen and oxygen atoms in total. The van der Waals surface area contributed by atoms with E-state index in [-0.39, 0.29) is 236 Å². The first-order valence-corrected chi connectivity index (χ1v) is 47.4. The molecule has 13 rings (SSSR count). The number of halogens is 4. The summed E-state index contributed by atoms with van der Waals surface area (Å²) in [6.45, 7) is 36.7. The lowest BCUT2D eigenvalue weighted by Crippen LogP contribution is -2.58. The van der Waals surface area contributed by atoms with Crippen molar-refractivity contribution in [3.8, 4) is 46.0 Å². The molecule has 2 aliphatic carbocycles. The van der Waals surface area contributed by atoms with E-state index in [1.807, 2.05) is 97.1 Å². The monoisotopic (exact) mass is 1940 g/mol. The first kappa shape index (κ1) is 102. The Balaban J connectivity index is 1.10. The van der Waals surface area contributed by atoms with Gasteiger partial charge in [0.1, 0.15) is 93.0 Å². The molecule has 1 N–H and O–H groups in total. The molecule has 0 spiro atoms. The Kier molecular flexibility index (Phi) is 33.0. The fourth-order valence-electron chi connectivity index (χ4n) is 17.8. The van der Waals surface area contributed by atoms with Crippen LogP contribution in [0.2, 0.25) is 0 Å². The number of carbonyl (C=O) groups excluding carboxylic acids is 9. The van der Waals surface area contributed by atoms with Crippen LogP contribution in [-0.4, -0.2) is 202 Å². The molecule has 0 saturated heterocycles. The summed E-state index contributed by atoms with van der Waals surface area (Å²) in [5.41, 5.74) is 2.18. The van der Waals surface area contributed by atoms with Crippen LogP contribution < -0.4 is 18.9 Å². The van der Waals surface area contributed by atoms with Crippen LogP contribution in [0.4, 0.5) is 0 Å². The number of fused-ring (bicyclic) bond motifs is 2. The number of ether oxygens (including phenoxy) is 12. The average molecular weight is 1940 g/mol. The molecule has 0 bridgehead atoms. The fourth-order valence-corrected chi connectivity index (χ4v) is 18.1. The van der Waals surface area contributed by atoms with Crippen molar-refractivity contribution in [3.05, 3.63) is 212 Å². The Morgan fingerprint density at radius 2 is 0.588 bits per heavy atom. The minimum absolute atomic E-state index is 0.0114. The number of benzene rings is 9. The van der Waals surface area contributed by atoms with E-state index in [1.165, 1.54) is 9.80 Å². The molecule has 722 valence electrons. The van der Waals surface area contributed by atoms with E-state index in [4.69, 9.17) is 103 Å². The maximum absolute atomic E-state index is 17.3. The second-order valence-corrected chi connectivity index (χ2v) is 40.4. The average Bonchev–Trinajstić information content (AvgIpc) is 0.743. The first-order chi connectivity index (χ1) is 64.5. The predicted octanol–water partition coefficient (Wildman–Crippen LogP) is 21.1. The molecule has 6 amide bonds. The van der Waals surface area contributed by atoms with E-state index in [9.17, 15) is 19.5 Å². The van der Waals surface area contributed by atoms with Crippen LogP contribution in [0.5, 0.6) is 46.0 Å². The van der Waals surface area contributed by atoms with E-state index in [0.29, 0.717) is 74.4 Å². The minimum Gasteiger partial charge on any atom is -0.459 e. The Morgan fingerprint density at radius 1 is 0.353 bits per heavy atom. The van der Waals surface area contributed by atoms with E-state index in [1.54, 1.807) is 24.3 Å². The number of hydrogen-bond acceptors (Lipinski definition) is 22. The highest BCUT2D eigenvalue weighted by Crippen LogP contribution is 2.59. The largest absolute Gasteiger partial charge is 0.459 e. The summed E-state index contributed by atoms with van der Waals surface area (Å²) < 4.78 is 75.0. The molecule has 2 aliphatic heterocycles. The van der Waals surface area contributed by atoms with Gasteiger partial charge < -0.3 is 71.7 Å². The van der Waals surface area contributed by atoms with Crippen molar-refractivity contribution in [2.24, 2.45) is 11.8 Å². The third-order valence-electron chi connectivity index (χ3n) is 25.0. The quantitative estimate of drug-likeness (QED) is 0.00542. The number of carbonyl (C=O) groups is 9. The number of aliphatic hydroxyl groups excluding tert-OH is 1. The predicted molar refractivity (Wildman–Crippen MR) is 522 cm³/mol. The van der Waals surface area contributed by atoms with Crippen LogP contribution in [-0.2, 0) is 83.5 Å². The van der Waals surface area contributed by atoms with Crippen molar-refractivity contribution in [1.29, 1.82) is 0 Å². The Labute approximate surface area is 812 Å². The van der Waals surface area contributed by atoms with Crippen LogP contribution in [0.25, 0.3) is 43.1 Å². The van der Waals surface area contributed by atoms with E-state index in [2.05, 4.69) is 109 Å². The maximum Gasteiger partial charge on any atom is 0.349 e. The van der Waals surface area contributed by atoms with E-state index < -0.39 is 83.6 Å². The lowest BCUT2D eigenvalue weighted by Gasteiger charge is -2.40. The van der Waals surface area contributed by atoms with Gasteiger partial charge in [0.2, 0.25) is 11.8 Å². The van der Waals surface area contributed by atoms with Gasteiger partial charge in [-0.25, -0.2) is 14.4 Å². The zero-order valence-corrected chi connectivity index (χ0v) is 82.1. The van der Waals surface area contributed by atoms with Gasteiger partial charge >= 0.3 is 17.9 Å². The third-order valence-corrected chi connectivity index (χ3v) is 25.6. The van der Waals surface area contributed by atoms with E-state index >= 15 is 28.8 Å². The van der Waals surface area contributed by atoms with Gasteiger partial charge in [-0.05, 0) is 154 Å².